The van der Waals surface area contributed by atoms with Crippen molar-refractivity contribution in [2.45, 2.75) is 23.4 Å². The zero-order valence-electron chi connectivity index (χ0n) is 12.9. The van der Waals surface area contributed by atoms with Gasteiger partial charge in [-0.2, -0.15) is 13.2 Å². The molecule has 1 amide bonds. The van der Waals surface area contributed by atoms with Crippen LogP contribution >= 0.6 is 11.8 Å². The number of hydrogen-bond donors (Lipinski definition) is 2. The molecule has 1 heterocycles. The van der Waals surface area contributed by atoms with Gasteiger partial charge in [0.1, 0.15) is 10.3 Å². The average Bonchev–Trinajstić information content (AvgIpc) is 2.51. The van der Waals surface area contributed by atoms with Crippen LogP contribution in [0.5, 0.6) is 0 Å². The molecule has 3 N–H and O–H groups in total. The fourth-order valence-corrected chi connectivity index (χ4v) is 3.33. The Morgan fingerprint density at radius 3 is 2.32 bits per heavy atom. The van der Waals surface area contributed by atoms with Crippen LogP contribution in [0.4, 0.5) is 13.2 Å². The maximum atomic E-state index is 13.2. The molecule has 0 fully saturated rings. The largest absolute Gasteiger partial charge is 0.480 e. The first-order chi connectivity index (χ1) is 11.6. The van der Waals surface area contributed by atoms with Gasteiger partial charge in [0.05, 0.1) is 11.1 Å². The molecule has 0 aliphatic carbocycles. The molecule has 0 saturated carbocycles. The van der Waals surface area contributed by atoms with Gasteiger partial charge >= 0.3 is 12.1 Å². The van der Waals surface area contributed by atoms with Crippen molar-refractivity contribution < 1.29 is 27.9 Å². The number of amides is 1. The number of aromatic nitrogens is 1. The van der Waals surface area contributed by atoms with Gasteiger partial charge in [0.15, 0.2) is 0 Å². The summed E-state index contributed by atoms with van der Waals surface area (Å²) in [5.41, 5.74) is 3.41. The number of carbonyl (C=O) groups excluding carboxylic acids is 1. The first kappa shape index (κ1) is 18.8. The number of aryl methyl sites for hydroxylation is 1. The van der Waals surface area contributed by atoms with Gasteiger partial charge in [-0.15, -0.1) is 0 Å². The molecule has 2 aromatic rings. The Kier molecular flexibility index (Phi) is 5.36. The normalized spacial score (nSPS) is 12.6. The Morgan fingerprint density at radius 1 is 1.24 bits per heavy atom. The Bertz CT molecular complexity index is 810. The number of alkyl halides is 3. The lowest BCUT2D eigenvalue weighted by molar-refractivity contribution is -0.138. The molecule has 0 aliphatic heterocycles. The predicted octanol–water partition coefficient (Wildman–Crippen LogP) is 3.43. The standard InChI is InChI=1S/C16H13F3N2O3S/c1-8-7-10(16(17,18)19)11(13(20)22)14(21-8)25-12(15(23)24)9-5-3-2-4-6-9/h2-7,12H,1H3,(H2,20,22)(H,23,24). The SMILES string of the molecule is Cc1cc(C(F)(F)F)c(C(N)=O)c(SC(C(=O)O)c2ccccc2)n1. The van der Waals surface area contributed by atoms with E-state index in [0.29, 0.717) is 23.4 Å². The second kappa shape index (κ2) is 7.14. The van der Waals surface area contributed by atoms with E-state index in [1.165, 1.54) is 19.1 Å². The van der Waals surface area contributed by atoms with Crippen LogP contribution in [0.1, 0.15) is 32.4 Å². The Morgan fingerprint density at radius 2 is 1.84 bits per heavy atom. The minimum Gasteiger partial charge on any atom is -0.480 e. The Hall–Kier alpha value is -2.55. The topological polar surface area (TPSA) is 93.3 Å². The molecule has 2 rings (SSSR count). The summed E-state index contributed by atoms with van der Waals surface area (Å²) in [6.07, 6.45) is -4.82. The highest BCUT2D eigenvalue weighted by molar-refractivity contribution is 8.00. The lowest BCUT2D eigenvalue weighted by Gasteiger charge is -2.17. The van der Waals surface area contributed by atoms with Gasteiger partial charge in [-0.3, -0.25) is 9.59 Å². The number of primary amides is 1. The first-order valence-corrected chi connectivity index (χ1v) is 7.82. The number of pyridine rings is 1. The number of carboxylic acid groups (broad SMARTS) is 1. The summed E-state index contributed by atoms with van der Waals surface area (Å²) in [6.45, 7) is 1.32. The van der Waals surface area contributed by atoms with Crippen molar-refractivity contribution in [1.29, 1.82) is 0 Å². The van der Waals surface area contributed by atoms with Crippen molar-refractivity contribution in [3.05, 3.63) is 58.8 Å². The molecule has 1 unspecified atom stereocenters. The van der Waals surface area contributed by atoms with Crippen molar-refractivity contribution in [1.82, 2.24) is 4.98 Å². The summed E-state index contributed by atoms with van der Waals surface area (Å²) < 4.78 is 39.7. The Labute approximate surface area is 145 Å². The number of nitrogens with two attached hydrogens (primary N) is 1. The van der Waals surface area contributed by atoms with Crippen molar-refractivity contribution in [3.63, 3.8) is 0 Å². The molecule has 0 bridgehead atoms. The molecule has 0 aliphatic rings. The molecule has 9 heteroatoms. The zero-order chi connectivity index (χ0) is 18.8. The van der Waals surface area contributed by atoms with Crippen LogP contribution in [0.25, 0.3) is 0 Å². The Balaban J connectivity index is 2.60. The van der Waals surface area contributed by atoms with E-state index in [9.17, 15) is 27.9 Å². The molecule has 1 atom stereocenters. The van der Waals surface area contributed by atoms with Gasteiger partial charge < -0.3 is 10.8 Å². The van der Waals surface area contributed by atoms with Crippen LogP contribution in [0, 0.1) is 6.92 Å². The van der Waals surface area contributed by atoms with E-state index in [0.717, 1.165) is 0 Å². The van der Waals surface area contributed by atoms with E-state index in [4.69, 9.17) is 5.73 Å². The van der Waals surface area contributed by atoms with E-state index in [2.05, 4.69) is 4.98 Å². The highest BCUT2D eigenvalue weighted by Gasteiger charge is 2.38. The van der Waals surface area contributed by atoms with Gasteiger partial charge in [0, 0.05) is 5.69 Å². The number of carboxylic acids is 1. The van der Waals surface area contributed by atoms with Gasteiger partial charge in [0.25, 0.3) is 5.91 Å². The van der Waals surface area contributed by atoms with Crippen LogP contribution in [-0.2, 0) is 11.0 Å². The van der Waals surface area contributed by atoms with Gasteiger partial charge in [0.2, 0.25) is 0 Å². The minimum absolute atomic E-state index is 0.00275. The van der Waals surface area contributed by atoms with Crippen LogP contribution in [-0.4, -0.2) is 22.0 Å². The van der Waals surface area contributed by atoms with Gasteiger partial charge in [-0.25, -0.2) is 4.98 Å². The molecular formula is C16H13F3N2O3S. The average molecular weight is 370 g/mol. The monoisotopic (exact) mass is 370 g/mol. The molecular weight excluding hydrogens is 357 g/mol. The number of halogens is 3. The van der Waals surface area contributed by atoms with Crippen LogP contribution < -0.4 is 5.73 Å². The molecule has 1 aromatic carbocycles. The molecule has 5 nitrogen and oxygen atoms in total. The summed E-state index contributed by atoms with van der Waals surface area (Å²) in [5, 5.41) is 7.82. The van der Waals surface area contributed by atoms with Gasteiger partial charge in [-0.05, 0) is 18.6 Å². The van der Waals surface area contributed by atoms with Crippen molar-refractivity contribution >= 4 is 23.6 Å². The zero-order valence-corrected chi connectivity index (χ0v) is 13.7. The maximum Gasteiger partial charge on any atom is 0.417 e. The van der Waals surface area contributed by atoms with Crippen molar-refractivity contribution in [2.24, 2.45) is 5.73 Å². The molecule has 132 valence electrons. The van der Waals surface area contributed by atoms with Gasteiger partial charge in [-0.1, -0.05) is 42.1 Å². The fourth-order valence-electron chi connectivity index (χ4n) is 2.19. The van der Waals surface area contributed by atoms with Crippen LogP contribution in [0.3, 0.4) is 0 Å². The number of rotatable bonds is 5. The third-order valence-electron chi connectivity index (χ3n) is 3.22. The van der Waals surface area contributed by atoms with E-state index < -0.39 is 34.4 Å². The van der Waals surface area contributed by atoms with Crippen molar-refractivity contribution in [3.8, 4) is 0 Å². The number of hydrogen-bond acceptors (Lipinski definition) is 4. The molecule has 0 saturated heterocycles. The minimum atomic E-state index is -4.82. The third kappa shape index (κ3) is 4.30. The highest BCUT2D eigenvalue weighted by atomic mass is 32.2. The van der Waals surface area contributed by atoms with Crippen molar-refractivity contribution in [2.75, 3.05) is 0 Å². The maximum absolute atomic E-state index is 13.2. The van der Waals surface area contributed by atoms with E-state index in [1.807, 2.05) is 0 Å². The molecule has 1 aromatic heterocycles. The lowest BCUT2D eigenvalue weighted by atomic mass is 10.1. The summed E-state index contributed by atoms with van der Waals surface area (Å²) in [5.74, 6) is -2.59. The summed E-state index contributed by atoms with van der Waals surface area (Å²) >= 11 is 0.538. The summed E-state index contributed by atoms with van der Waals surface area (Å²) in [6, 6.07) is 8.64. The number of carbonyl (C=O) groups is 2. The second-order valence-corrected chi connectivity index (χ2v) is 6.19. The van der Waals surface area contributed by atoms with E-state index in [-0.39, 0.29) is 10.7 Å². The predicted molar refractivity (Wildman–Crippen MR) is 85.2 cm³/mol. The number of thioether (sulfide) groups is 1. The first-order valence-electron chi connectivity index (χ1n) is 6.94. The molecule has 0 radical (unpaired) electrons. The highest BCUT2D eigenvalue weighted by Crippen LogP contribution is 2.41. The third-order valence-corrected chi connectivity index (χ3v) is 4.45. The molecule has 0 spiro atoms. The second-order valence-electron chi connectivity index (χ2n) is 5.10. The summed E-state index contributed by atoms with van der Waals surface area (Å²) in [4.78, 5) is 27.1. The number of nitrogens with zero attached hydrogens (tertiary/aromatic N) is 1. The number of benzene rings is 1. The quantitative estimate of drug-likeness (QED) is 0.787. The fraction of sp³-hybridized carbons (Fsp3) is 0.188. The summed E-state index contributed by atoms with van der Waals surface area (Å²) in [7, 11) is 0. The van der Waals surface area contributed by atoms with Crippen LogP contribution in [0.15, 0.2) is 41.4 Å². The van der Waals surface area contributed by atoms with E-state index in [1.54, 1.807) is 18.2 Å². The van der Waals surface area contributed by atoms with Crippen LogP contribution in [0.2, 0.25) is 0 Å². The number of aliphatic carboxylic acids is 1. The van der Waals surface area contributed by atoms with E-state index >= 15 is 0 Å². The smallest absolute Gasteiger partial charge is 0.417 e. The lowest BCUT2D eigenvalue weighted by Crippen LogP contribution is -2.22. The molecule has 25 heavy (non-hydrogen) atoms.